The normalized spacial score (nSPS) is 16.7. The van der Waals surface area contributed by atoms with Crippen molar-refractivity contribution >= 4 is 11.6 Å². The molecule has 21 heavy (non-hydrogen) atoms. The largest absolute Gasteiger partial charge is 0.325 e. The predicted octanol–water partition coefficient (Wildman–Crippen LogP) is 1.52. The molecule has 0 aliphatic carbocycles. The molecule has 2 rings (SSSR count). The highest BCUT2D eigenvalue weighted by Gasteiger charge is 2.21. The minimum atomic E-state index is -0.0356. The van der Waals surface area contributed by atoms with E-state index >= 15 is 0 Å². The highest BCUT2D eigenvalue weighted by molar-refractivity contribution is 5.92. The van der Waals surface area contributed by atoms with Crippen LogP contribution in [0, 0.1) is 11.3 Å². The highest BCUT2D eigenvalue weighted by Crippen LogP contribution is 2.14. The molecule has 1 fully saturated rings. The fourth-order valence-corrected chi connectivity index (χ4v) is 2.66. The van der Waals surface area contributed by atoms with Crippen molar-refractivity contribution in [3.05, 3.63) is 29.8 Å². The zero-order valence-electron chi connectivity index (χ0n) is 12.7. The average molecular weight is 286 g/mol. The van der Waals surface area contributed by atoms with Crippen LogP contribution in [0.1, 0.15) is 18.4 Å². The van der Waals surface area contributed by atoms with Gasteiger partial charge in [0.2, 0.25) is 5.91 Å². The van der Waals surface area contributed by atoms with Crippen molar-refractivity contribution in [1.82, 2.24) is 9.80 Å². The van der Waals surface area contributed by atoms with Crippen LogP contribution in [0.4, 0.5) is 5.69 Å². The lowest BCUT2D eigenvalue weighted by Gasteiger charge is -2.34. The second kappa shape index (κ2) is 7.21. The first-order valence-corrected chi connectivity index (χ1v) is 7.27. The van der Waals surface area contributed by atoms with Crippen LogP contribution in [0.2, 0.25) is 0 Å². The Balaban J connectivity index is 1.85. The van der Waals surface area contributed by atoms with Gasteiger partial charge in [0.25, 0.3) is 0 Å². The van der Waals surface area contributed by atoms with Gasteiger partial charge in [-0.1, -0.05) is 6.07 Å². The summed E-state index contributed by atoms with van der Waals surface area (Å²) < 4.78 is 0. The Labute approximate surface area is 126 Å². The van der Waals surface area contributed by atoms with E-state index in [-0.39, 0.29) is 5.91 Å². The van der Waals surface area contributed by atoms with Gasteiger partial charge in [0.15, 0.2) is 0 Å². The van der Waals surface area contributed by atoms with Crippen LogP contribution in [-0.2, 0) is 4.79 Å². The Morgan fingerprint density at radius 3 is 2.86 bits per heavy atom. The van der Waals surface area contributed by atoms with E-state index in [0.29, 0.717) is 23.8 Å². The zero-order chi connectivity index (χ0) is 15.2. The first kappa shape index (κ1) is 15.5. The molecule has 1 amide bonds. The molecule has 0 unspecified atom stereocenters. The Kier molecular flexibility index (Phi) is 5.32. The molecule has 1 aromatic carbocycles. The number of likely N-dealkylation sites (N-methyl/N-ethyl adjacent to an activating group) is 1. The number of nitrogens with zero attached hydrogens (tertiary/aromatic N) is 3. The molecule has 0 bridgehead atoms. The average Bonchev–Trinajstić information content (AvgIpc) is 2.47. The maximum absolute atomic E-state index is 12.1. The number of nitriles is 1. The molecule has 1 heterocycles. The number of carbonyl (C=O) groups is 1. The van der Waals surface area contributed by atoms with Crippen LogP contribution in [0.25, 0.3) is 0 Å². The van der Waals surface area contributed by atoms with Crippen molar-refractivity contribution in [2.75, 3.05) is 39.0 Å². The second-order valence-corrected chi connectivity index (χ2v) is 5.69. The number of amides is 1. The maximum atomic E-state index is 12.1. The molecule has 0 spiro atoms. The van der Waals surface area contributed by atoms with Gasteiger partial charge >= 0.3 is 0 Å². The van der Waals surface area contributed by atoms with Gasteiger partial charge in [0.1, 0.15) is 0 Å². The van der Waals surface area contributed by atoms with Crippen LogP contribution < -0.4 is 5.32 Å². The Bertz CT molecular complexity index is 529. The summed E-state index contributed by atoms with van der Waals surface area (Å²) in [6.45, 7) is 2.55. The first-order valence-electron chi connectivity index (χ1n) is 7.27. The van der Waals surface area contributed by atoms with E-state index in [1.165, 1.54) is 0 Å². The van der Waals surface area contributed by atoms with E-state index in [9.17, 15) is 4.79 Å². The predicted molar refractivity (Wildman–Crippen MR) is 82.9 cm³/mol. The summed E-state index contributed by atoms with van der Waals surface area (Å²) in [6.07, 6.45) is 2.20. The standard InChI is InChI=1S/C16H22N4O/c1-19-8-6-15(7-9-19)20(2)12-16(21)18-14-5-3-4-13(10-14)11-17/h3-5,10,15H,6-9,12H2,1-2H3,(H,18,21). The van der Waals surface area contributed by atoms with Crippen molar-refractivity contribution in [1.29, 1.82) is 5.26 Å². The third-order valence-electron chi connectivity index (χ3n) is 3.98. The summed E-state index contributed by atoms with van der Waals surface area (Å²) in [5.74, 6) is -0.0356. The van der Waals surface area contributed by atoms with E-state index in [0.717, 1.165) is 25.9 Å². The zero-order valence-corrected chi connectivity index (χ0v) is 12.7. The molecular formula is C16H22N4O. The summed E-state index contributed by atoms with van der Waals surface area (Å²) in [5.41, 5.74) is 1.23. The van der Waals surface area contributed by atoms with Gasteiger partial charge in [-0.2, -0.15) is 5.26 Å². The second-order valence-electron chi connectivity index (χ2n) is 5.69. The van der Waals surface area contributed by atoms with Gasteiger partial charge in [-0.3, -0.25) is 9.69 Å². The molecule has 0 radical (unpaired) electrons. The van der Waals surface area contributed by atoms with E-state index in [4.69, 9.17) is 5.26 Å². The number of carbonyl (C=O) groups excluding carboxylic acids is 1. The van der Waals surface area contributed by atoms with Crippen molar-refractivity contribution in [2.24, 2.45) is 0 Å². The van der Waals surface area contributed by atoms with Crippen LogP contribution in [-0.4, -0.2) is 55.5 Å². The SMILES string of the molecule is CN1CCC(N(C)CC(=O)Nc2cccc(C#N)c2)CC1. The van der Waals surface area contributed by atoms with Crippen molar-refractivity contribution in [2.45, 2.75) is 18.9 Å². The summed E-state index contributed by atoms with van der Waals surface area (Å²) in [4.78, 5) is 16.5. The van der Waals surface area contributed by atoms with Gasteiger partial charge in [0.05, 0.1) is 18.2 Å². The van der Waals surface area contributed by atoms with Crippen molar-refractivity contribution < 1.29 is 4.79 Å². The lowest BCUT2D eigenvalue weighted by atomic mass is 10.0. The third-order valence-corrected chi connectivity index (χ3v) is 3.98. The summed E-state index contributed by atoms with van der Waals surface area (Å²) in [6, 6.07) is 9.52. The molecule has 5 nitrogen and oxygen atoms in total. The number of hydrogen-bond acceptors (Lipinski definition) is 4. The topological polar surface area (TPSA) is 59.4 Å². The molecule has 1 aliphatic heterocycles. The lowest BCUT2D eigenvalue weighted by Crippen LogP contribution is -2.44. The molecule has 0 saturated carbocycles. The molecule has 1 saturated heterocycles. The molecule has 112 valence electrons. The molecule has 1 aromatic rings. The smallest absolute Gasteiger partial charge is 0.238 e. The fraction of sp³-hybridized carbons (Fsp3) is 0.500. The van der Waals surface area contributed by atoms with Crippen LogP contribution in [0.5, 0.6) is 0 Å². The minimum Gasteiger partial charge on any atom is -0.325 e. The molecule has 1 N–H and O–H groups in total. The van der Waals surface area contributed by atoms with E-state index in [1.807, 2.05) is 7.05 Å². The van der Waals surface area contributed by atoms with Gasteiger partial charge in [-0.15, -0.1) is 0 Å². The summed E-state index contributed by atoms with van der Waals surface area (Å²) in [7, 11) is 4.13. The molecule has 5 heteroatoms. The van der Waals surface area contributed by atoms with E-state index in [2.05, 4.69) is 28.2 Å². The van der Waals surface area contributed by atoms with Crippen LogP contribution in [0.15, 0.2) is 24.3 Å². The van der Waals surface area contributed by atoms with Crippen molar-refractivity contribution in [3.8, 4) is 6.07 Å². The minimum absolute atomic E-state index is 0.0356. The number of hydrogen-bond donors (Lipinski definition) is 1. The third kappa shape index (κ3) is 4.55. The summed E-state index contributed by atoms with van der Waals surface area (Å²) in [5, 5.41) is 11.7. The lowest BCUT2D eigenvalue weighted by molar-refractivity contribution is -0.117. The molecular weight excluding hydrogens is 264 g/mol. The summed E-state index contributed by atoms with van der Waals surface area (Å²) >= 11 is 0. The number of benzene rings is 1. The van der Waals surface area contributed by atoms with E-state index < -0.39 is 0 Å². The maximum Gasteiger partial charge on any atom is 0.238 e. The van der Waals surface area contributed by atoms with E-state index in [1.54, 1.807) is 24.3 Å². The highest BCUT2D eigenvalue weighted by atomic mass is 16.2. The van der Waals surface area contributed by atoms with Crippen LogP contribution in [0.3, 0.4) is 0 Å². The molecule has 0 aromatic heterocycles. The molecule has 0 atom stereocenters. The Morgan fingerprint density at radius 1 is 1.48 bits per heavy atom. The number of piperidine rings is 1. The molecule has 1 aliphatic rings. The number of rotatable bonds is 4. The van der Waals surface area contributed by atoms with Gasteiger partial charge < -0.3 is 10.2 Å². The monoisotopic (exact) mass is 286 g/mol. The number of nitrogens with one attached hydrogen (secondary N) is 1. The number of anilines is 1. The van der Waals surface area contributed by atoms with Crippen LogP contribution >= 0.6 is 0 Å². The van der Waals surface area contributed by atoms with Gasteiger partial charge in [0, 0.05) is 11.7 Å². The quantitative estimate of drug-likeness (QED) is 0.912. The fourth-order valence-electron chi connectivity index (χ4n) is 2.66. The Morgan fingerprint density at radius 2 is 2.19 bits per heavy atom. The first-order chi connectivity index (χ1) is 10.1. The van der Waals surface area contributed by atoms with Crippen molar-refractivity contribution in [3.63, 3.8) is 0 Å². The number of likely N-dealkylation sites (tertiary alicyclic amines) is 1. The van der Waals surface area contributed by atoms with Gasteiger partial charge in [-0.05, 0) is 58.2 Å². The Hall–Kier alpha value is -1.90. The van der Waals surface area contributed by atoms with Gasteiger partial charge in [-0.25, -0.2) is 0 Å².